The lowest BCUT2D eigenvalue weighted by Gasteiger charge is -2.08. The minimum atomic E-state index is -0.348. The van der Waals surface area contributed by atoms with Crippen LogP contribution in [0.1, 0.15) is 12.5 Å². The van der Waals surface area contributed by atoms with E-state index in [1.165, 1.54) is 0 Å². The van der Waals surface area contributed by atoms with Gasteiger partial charge in [-0.2, -0.15) is 0 Å². The molecule has 0 radical (unpaired) electrons. The third-order valence-corrected chi connectivity index (χ3v) is 3.49. The van der Waals surface area contributed by atoms with Crippen LogP contribution in [0.4, 0.5) is 10.5 Å². The van der Waals surface area contributed by atoms with Gasteiger partial charge in [0, 0.05) is 24.5 Å². The highest BCUT2D eigenvalue weighted by atomic mass is 16.3. The molecular weight excluding hydrogens is 292 g/mol. The van der Waals surface area contributed by atoms with Crippen molar-refractivity contribution in [1.82, 2.24) is 14.7 Å². The number of phenols is 1. The van der Waals surface area contributed by atoms with Crippen LogP contribution in [0.2, 0.25) is 0 Å². The summed E-state index contributed by atoms with van der Waals surface area (Å²) in [5.74, 6) is 0.00184. The molecule has 118 valence electrons. The van der Waals surface area contributed by atoms with Crippen molar-refractivity contribution < 1.29 is 9.90 Å². The minimum absolute atomic E-state index is 0.00184. The predicted octanol–water partition coefficient (Wildman–Crippen LogP) is 3.16. The Morgan fingerprint density at radius 2 is 2.13 bits per heavy atom. The molecule has 0 fully saturated rings. The summed E-state index contributed by atoms with van der Waals surface area (Å²) >= 11 is 0. The Kier molecular flexibility index (Phi) is 3.89. The lowest BCUT2D eigenvalue weighted by molar-refractivity contribution is 0.252. The molecule has 2 amide bonds. The van der Waals surface area contributed by atoms with Crippen molar-refractivity contribution in [1.29, 1.82) is 0 Å². The highest BCUT2D eigenvalue weighted by molar-refractivity contribution is 5.91. The van der Waals surface area contributed by atoms with Crippen LogP contribution in [-0.4, -0.2) is 27.1 Å². The zero-order chi connectivity index (χ0) is 16.4. The molecule has 23 heavy (non-hydrogen) atoms. The number of aryl methyl sites for hydroxylation is 1. The molecule has 0 saturated heterocycles. The van der Waals surface area contributed by atoms with Gasteiger partial charge >= 0.3 is 6.03 Å². The second-order valence-corrected chi connectivity index (χ2v) is 5.31. The van der Waals surface area contributed by atoms with Crippen LogP contribution in [0.25, 0.3) is 16.9 Å². The predicted molar refractivity (Wildman–Crippen MR) is 89.7 cm³/mol. The van der Waals surface area contributed by atoms with Gasteiger partial charge in [0.05, 0.1) is 11.4 Å². The molecule has 2 aromatic heterocycles. The molecule has 0 saturated carbocycles. The summed E-state index contributed by atoms with van der Waals surface area (Å²) in [5.41, 5.74) is 3.89. The summed E-state index contributed by atoms with van der Waals surface area (Å²) in [5, 5.41) is 15.3. The fourth-order valence-corrected chi connectivity index (χ4v) is 2.35. The molecule has 0 aliphatic heterocycles. The number of aromatic nitrogens is 2. The largest absolute Gasteiger partial charge is 0.506 e. The Bertz CT molecular complexity index is 870. The fourth-order valence-electron chi connectivity index (χ4n) is 2.35. The molecule has 0 aliphatic rings. The van der Waals surface area contributed by atoms with Gasteiger partial charge in [0.1, 0.15) is 11.4 Å². The van der Waals surface area contributed by atoms with E-state index in [0.29, 0.717) is 12.2 Å². The van der Waals surface area contributed by atoms with Crippen molar-refractivity contribution in [3.8, 4) is 17.0 Å². The first-order valence-electron chi connectivity index (χ1n) is 7.40. The first kappa shape index (κ1) is 14.9. The van der Waals surface area contributed by atoms with Gasteiger partial charge in [-0.25, -0.2) is 9.78 Å². The smallest absolute Gasteiger partial charge is 0.319 e. The summed E-state index contributed by atoms with van der Waals surface area (Å²) in [6, 6.07) is 8.73. The average molecular weight is 310 g/mol. The molecule has 0 bridgehead atoms. The Morgan fingerprint density at radius 1 is 1.30 bits per heavy atom. The van der Waals surface area contributed by atoms with Gasteiger partial charge in [0.15, 0.2) is 0 Å². The van der Waals surface area contributed by atoms with E-state index in [1.54, 1.807) is 12.1 Å². The Hall–Kier alpha value is -3.02. The third-order valence-electron chi connectivity index (χ3n) is 3.49. The highest BCUT2D eigenvalue weighted by Crippen LogP contribution is 2.29. The third kappa shape index (κ3) is 3.11. The van der Waals surface area contributed by atoms with Crippen molar-refractivity contribution >= 4 is 17.4 Å². The quantitative estimate of drug-likeness (QED) is 0.650. The van der Waals surface area contributed by atoms with Gasteiger partial charge < -0.3 is 20.1 Å². The topological polar surface area (TPSA) is 78.7 Å². The molecule has 6 nitrogen and oxygen atoms in total. The molecule has 0 unspecified atom stereocenters. The monoisotopic (exact) mass is 310 g/mol. The van der Waals surface area contributed by atoms with Gasteiger partial charge in [-0.15, -0.1) is 0 Å². The summed E-state index contributed by atoms with van der Waals surface area (Å²) in [6.45, 7) is 4.36. The lowest BCUT2D eigenvalue weighted by atomic mass is 10.1. The fraction of sp³-hybridized carbons (Fsp3) is 0.176. The normalized spacial score (nSPS) is 10.7. The number of urea groups is 1. The van der Waals surface area contributed by atoms with E-state index in [-0.39, 0.29) is 11.8 Å². The Labute approximate surface area is 133 Å². The number of phenolic OH excluding ortho intramolecular Hbond substituents is 1. The van der Waals surface area contributed by atoms with Crippen LogP contribution in [-0.2, 0) is 0 Å². The first-order chi connectivity index (χ1) is 11.1. The lowest BCUT2D eigenvalue weighted by Crippen LogP contribution is -2.28. The molecule has 6 heteroatoms. The zero-order valence-corrected chi connectivity index (χ0v) is 13.0. The number of anilines is 1. The minimum Gasteiger partial charge on any atom is -0.506 e. The highest BCUT2D eigenvalue weighted by Gasteiger charge is 2.10. The maximum absolute atomic E-state index is 11.5. The van der Waals surface area contributed by atoms with Gasteiger partial charge in [-0.1, -0.05) is 6.07 Å². The van der Waals surface area contributed by atoms with Crippen molar-refractivity contribution in [2.45, 2.75) is 13.8 Å². The second kappa shape index (κ2) is 6.00. The van der Waals surface area contributed by atoms with Crippen LogP contribution in [0.15, 0.2) is 42.7 Å². The molecule has 1 aromatic carbocycles. The van der Waals surface area contributed by atoms with E-state index in [9.17, 15) is 9.90 Å². The van der Waals surface area contributed by atoms with Gasteiger partial charge in [0.2, 0.25) is 0 Å². The van der Waals surface area contributed by atoms with Crippen LogP contribution in [0.3, 0.4) is 0 Å². The molecule has 0 spiro atoms. The number of carbonyl (C=O) groups is 1. The van der Waals surface area contributed by atoms with Crippen molar-refractivity contribution in [3.63, 3.8) is 0 Å². The van der Waals surface area contributed by atoms with Crippen LogP contribution in [0, 0.1) is 6.92 Å². The maximum Gasteiger partial charge on any atom is 0.319 e. The van der Waals surface area contributed by atoms with Gasteiger partial charge in [-0.3, -0.25) is 0 Å². The number of carbonyl (C=O) groups excluding carboxylic acids is 1. The first-order valence-corrected chi connectivity index (χ1v) is 7.40. The van der Waals surface area contributed by atoms with Crippen molar-refractivity contribution in [2.24, 2.45) is 0 Å². The second-order valence-electron chi connectivity index (χ2n) is 5.31. The molecule has 3 rings (SSSR count). The van der Waals surface area contributed by atoms with E-state index in [2.05, 4.69) is 15.6 Å². The van der Waals surface area contributed by atoms with Gasteiger partial charge in [-0.05, 0) is 43.7 Å². The van der Waals surface area contributed by atoms with E-state index in [1.807, 2.05) is 48.8 Å². The van der Waals surface area contributed by atoms with Crippen LogP contribution >= 0.6 is 0 Å². The Morgan fingerprint density at radius 3 is 2.87 bits per heavy atom. The number of imidazole rings is 1. The summed E-state index contributed by atoms with van der Waals surface area (Å²) in [4.78, 5) is 16.1. The molecule has 0 atom stereocenters. The number of hydrogen-bond acceptors (Lipinski definition) is 3. The average Bonchev–Trinajstić information content (AvgIpc) is 2.92. The zero-order valence-electron chi connectivity index (χ0n) is 13.0. The Balaban J connectivity index is 1.90. The van der Waals surface area contributed by atoms with Crippen molar-refractivity contribution in [2.75, 3.05) is 11.9 Å². The summed E-state index contributed by atoms with van der Waals surface area (Å²) in [6.07, 6.45) is 3.85. The maximum atomic E-state index is 11.5. The SMILES string of the molecule is CCNC(=O)Nc1ccc(-c2cn3ccc(C)cc3n2)cc1O. The van der Waals surface area contributed by atoms with E-state index in [0.717, 1.165) is 22.5 Å². The molecule has 2 heterocycles. The number of pyridine rings is 1. The standard InChI is InChI=1S/C17H18N4O2/c1-3-18-17(23)20-13-5-4-12(9-15(13)22)14-10-21-7-6-11(2)8-16(21)19-14/h4-10,22H,3H2,1-2H3,(H2,18,20,23). The number of aromatic hydroxyl groups is 1. The van der Waals surface area contributed by atoms with E-state index < -0.39 is 0 Å². The molecule has 3 aromatic rings. The molecule has 0 aliphatic carbocycles. The number of amides is 2. The number of rotatable bonds is 3. The van der Waals surface area contributed by atoms with E-state index in [4.69, 9.17) is 0 Å². The van der Waals surface area contributed by atoms with Gasteiger partial charge in [0.25, 0.3) is 0 Å². The molecule has 3 N–H and O–H groups in total. The van der Waals surface area contributed by atoms with Crippen LogP contribution in [0.5, 0.6) is 5.75 Å². The number of hydrogen-bond donors (Lipinski definition) is 3. The summed E-state index contributed by atoms with van der Waals surface area (Å²) < 4.78 is 1.93. The van der Waals surface area contributed by atoms with E-state index >= 15 is 0 Å². The number of nitrogens with zero attached hydrogens (tertiary/aromatic N) is 2. The van der Waals surface area contributed by atoms with Crippen molar-refractivity contribution in [3.05, 3.63) is 48.3 Å². The van der Waals surface area contributed by atoms with Crippen LogP contribution < -0.4 is 10.6 Å². The summed E-state index contributed by atoms with van der Waals surface area (Å²) in [7, 11) is 0. The number of fused-ring (bicyclic) bond motifs is 1. The number of benzene rings is 1. The molecular formula is C17H18N4O2. The number of nitrogens with one attached hydrogen (secondary N) is 2.